The number of aromatic nitrogens is 2. The molecule has 0 bridgehead atoms. The van der Waals surface area contributed by atoms with Crippen molar-refractivity contribution in [2.75, 3.05) is 43.0 Å². The van der Waals surface area contributed by atoms with E-state index in [1.54, 1.807) is 0 Å². The number of nitrogens with one attached hydrogen (secondary N) is 1. The Balaban J connectivity index is 1.79. The summed E-state index contributed by atoms with van der Waals surface area (Å²) in [5.41, 5.74) is 1.94. The van der Waals surface area contributed by atoms with E-state index >= 15 is 0 Å². The third-order valence-corrected chi connectivity index (χ3v) is 3.84. The second-order valence-corrected chi connectivity index (χ2v) is 5.55. The number of aryl methyl sites for hydroxylation is 2. The molecule has 0 atom stereocenters. The summed E-state index contributed by atoms with van der Waals surface area (Å²) in [7, 11) is 0. The number of anilines is 1. The molecule has 0 spiro atoms. The first kappa shape index (κ1) is 12.6. The summed E-state index contributed by atoms with van der Waals surface area (Å²) in [5.74, 6) is 3.46. The smallest absolute Gasteiger partial charge is 0.147 e. The van der Waals surface area contributed by atoms with Gasteiger partial charge in [-0.1, -0.05) is 0 Å². The molecule has 0 aromatic carbocycles. The lowest BCUT2D eigenvalue weighted by molar-refractivity contribution is 0.314. The molecule has 1 aliphatic heterocycles. The molecule has 1 aromatic heterocycles. The van der Waals surface area contributed by atoms with E-state index < -0.39 is 0 Å². The highest BCUT2D eigenvalue weighted by Crippen LogP contribution is 2.10. The Bertz CT molecular complexity index is 364. The van der Waals surface area contributed by atoms with Crippen molar-refractivity contribution >= 4 is 17.6 Å². The SMILES string of the molecule is Cc1cnc(C)c(NCCN2CCSCC2)n1. The van der Waals surface area contributed by atoms with Crippen molar-refractivity contribution in [2.45, 2.75) is 13.8 Å². The van der Waals surface area contributed by atoms with E-state index in [0.717, 1.165) is 30.3 Å². The van der Waals surface area contributed by atoms with Crippen LogP contribution in [0.4, 0.5) is 5.82 Å². The Morgan fingerprint density at radius 3 is 2.88 bits per heavy atom. The Morgan fingerprint density at radius 1 is 1.35 bits per heavy atom. The van der Waals surface area contributed by atoms with Gasteiger partial charge in [0.15, 0.2) is 0 Å². The number of hydrogen-bond acceptors (Lipinski definition) is 5. The minimum Gasteiger partial charge on any atom is -0.367 e. The van der Waals surface area contributed by atoms with E-state index in [2.05, 4.69) is 20.2 Å². The van der Waals surface area contributed by atoms with Gasteiger partial charge in [-0.15, -0.1) is 0 Å². The van der Waals surface area contributed by atoms with Gasteiger partial charge in [-0.2, -0.15) is 11.8 Å². The predicted molar refractivity (Wildman–Crippen MR) is 73.8 cm³/mol. The molecule has 1 fully saturated rings. The average molecular weight is 252 g/mol. The summed E-state index contributed by atoms with van der Waals surface area (Å²) < 4.78 is 0. The van der Waals surface area contributed by atoms with Crippen LogP contribution in [-0.4, -0.2) is 52.6 Å². The maximum Gasteiger partial charge on any atom is 0.147 e. The summed E-state index contributed by atoms with van der Waals surface area (Å²) >= 11 is 2.05. The van der Waals surface area contributed by atoms with Gasteiger partial charge in [0.05, 0.1) is 11.4 Å². The summed E-state index contributed by atoms with van der Waals surface area (Å²) in [6.45, 7) is 8.43. The van der Waals surface area contributed by atoms with Crippen molar-refractivity contribution < 1.29 is 0 Å². The van der Waals surface area contributed by atoms with Gasteiger partial charge < -0.3 is 5.32 Å². The van der Waals surface area contributed by atoms with E-state index in [0.29, 0.717) is 0 Å². The van der Waals surface area contributed by atoms with Crippen LogP contribution in [0.2, 0.25) is 0 Å². The van der Waals surface area contributed by atoms with Gasteiger partial charge in [0.1, 0.15) is 5.82 Å². The summed E-state index contributed by atoms with van der Waals surface area (Å²) in [6.07, 6.45) is 1.81. The monoisotopic (exact) mass is 252 g/mol. The Labute approximate surface area is 107 Å². The van der Waals surface area contributed by atoms with Gasteiger partial charge in [0.2, 0.25) is 0 Å². The van der Waals surface area contributed by atoms with Crippen molar-refractivity contribution in [2.24, 2.45) is 0 Å². The maximum absolute atomic E-state index is 4.46. The van der Waals surface area contributed by atoms with Crippen molar-refractivity contribution in [3.8, 4) is 0 Å². The molecular formula is C12H20N4S. The van der Waals surface area contributed by atoms with Gasteiger partial charge in [-0.25, -0.2) is 4.98 Å². The minimum atomic E-state index is 0.927. The van der Waals surface area contributed by atoms with Crippen molar-refractivity contribution in [3.05, 3.63) is 17.6 Å². The lowest BCUT2D eigenvalue weighted by atomic mass is 10.4. The third kappa shape index (κ3) is 3.85. The Morgan fingerprint density at radius 2 is 2.12 bits per heavy atom. The highest BCUT2D eigenvalue weighted by Gasteiger charge is 2.09. The second kappa shape index (κ2) is 6.21. The van der Waals surface area contributed by atoms with Gasteiger partial charge in [0, 0.05) is 43.9 Å². The van der Waals surface area contributed by atoms with Gasteiger partial charge in [0.25, 0.3) is 0 Å². The fourth-order valence-corrected chi connectivity index (χ4v) is 2.84. The molecule has 2 rings (SSSR count). The second-order valence-electron chi connectivity index (χ2n) is 4.33. The summed E-state index contributed by atoms with van der Waals surface area (Å²) in [4.78, 5) is 11.3. The van der Waals surface area contributed by atoms with E-state index in [9.17, 15) is 0 Å². The zero-order chi connectivity index (χ0) is 12.1. The van der Waals surface area contributed by atoms with Crippen LogP contribution in [0.15, 0.2) is 6.20 Å². The van der Waals surface area contributed by atoms with Gasteiger partial charge in [-0.3, -0.25) is 9.88 Å². The van der Waals surface area contributed by atoms with Crippen molar-refractivity contribution in [3.63, 3.8) is 0 Å². The third-order valence-electron chi connectivity index (χ3n) is 2.90. The highest BCUT2D eigenvalue weighted by atomic mass is 32.2. The number of nitrogens with zero attached hydrogens (tertiary/aromatic N) is 3. The highest BCUT2D eigenvalue weighted by molar-refractivity contribution is 7.99. The molecule has 4 nitrogen and oxygen atoms in total. The maximum atomic E-state index is 4.46. The fraction of sp³-hybridized carbons (Fsp3) is 0.667. The summed E-state index contributed by atoms with van der Waals surface area (Å²) in [5, 5.41) is 3.38. The lowest BCUT2D eigenvalue weighted by Crippen LogP contribution is -2.36. The first-order valence-corrected chi connectivity index (χ1v) is 7.25. The van der Waals surface area contributed by atoms with Crippen molar-refractivity contribution in [1.29, 1.82) is 0 Å². The largest absolute Gasteiger partial charge is 0.367 e. The van der Waals surface area contributed by atoms with Crippen LogP contribution in [0, 0.1) is 13.8 Å². The van der Waals surface area contributed by atoms with Crippen LogP contribution >= 0.6 is 11.8 Å². The zero-order valence-corrected chi connectivity index (χ0v) is 11.4. The molecule has 1 aromatic rings. The number of rotatable bonds is 4. The van der Waals surface area contributed by atoms with Gasteiger partial charge >= 0.3 is 0 Å². The first-order valence-electron chi connectivity index (χ1n) is 6.10. The Kier molecular flexibility index (Phi) is 4.62. The number of thioether (sulfide) groups is 1. The Hall–Kier alpha value is -0.810. The van der Waals surface area contributed by atoms with E-state index in [1.165, 1.54) is 24.6 Å². The van der Waals surface area contributed by atoms with E-state index in [4.69, 9.17) is 0 Å². The molecular weight excluding hydrogens is 232 g/mol. The molecule has 0 radical (unpaired) electrons. The lowest BCUT2D eigenvalue weighted by Gasteiger charge is -2.26. The molecule has 5 heteroatoms. The van der Waals surface area contributed by atoms with Crippen molar-refractivity contribution in [1.82, 2.24) is 14.9 Å². The van der Waals surface area contributed by atoms with Crippen LogP contribution in [-0.2, 0) is 0 Å². The molecule has 94 valence electrons. The van der Waals surface area contributed by atoms with Crippen LogP contribution < -0.4 is 5.32 Å². The van der Waals surface area contributed by atoms with E-state index in [-0.39, 0.29) is 0 Å². The molecule has 0 amide bonds. The first-order chi connectivity index (χ1) is 8.25. The predicted octanol–water partition coefficient (Wildman–Crippen LogP) is 1.55. The van der Waals surface area contributed by atoms with Crippen LogP contribution in [0.1, 0.15) is 11.4 Å². The van der Waals surface area contributed by atoms with E-state index in [1.807, 2.05) is 31.8 Å². The standard InChI is InChI=1S/C12H20N4S/c1-10-9-14-11(2)12(15-10)13-3-4-16-5-7-17-8-6-16/h9H,3-8H2,1-2H3,(H,13,15). The van der Waals surface area contributed by atoms with Crippen LogP contribution in [0.25, 0.3) is 0 Å². The molecule has 17 heavy (non-hydrogen) atoms. The van der Waals surface area contributed by atoms with Crippen LogP contribution in [0.5, 0.6) is 0 Å². The molecule has 2 heterocycles. The quantitative estimate of drug-likeness (QED) is 0.880. The van der Waals surface area contributed by atoms with Crippen LogP contribution in [0.3, 0.4) is 0 Å². The normalized spacial score (nSPS) is 17.1. The zero-order valence-electron chi connectivity index (χ0n) is 10.6. The summed E-state index contributed by atoms with van der Waals surface area (Å²) in [6, 6.07) is 0. The molecule has 0 unspecified atom stereocenters. The fourth-order valence-electron chi connectivity index (χ4n) is 1.86. The number of hydrogen-bond donors (Lipinski definition) is 1. The molecule has 1 N–H and O–H groups in total. The molecule has 1 aliphatic rings. The van der Waals surface area contributed by atoms with Gasteiger partial charge in [-0.05, 0) is 13.8 Å². The molecule has 1 saturated heterocycles. The minimum absolute atomic E-state index is 0.927. The topological polar surface area (TPSA) is 41.1 Å². The average Bonchev–Trinajstić information content (AvgIpc) is 2.35. The molecule has 0 saturated carbocycles. The molecule has 0 aliphatic carbocycles.